The van der Waals surface area contributed by atoms with E-state index in [1.54, 1.807) is 14.2 Å². The number of nitrogens with one attached hydrogen (secondary N) is 1. The normalized spacial score (nSPS) is 19.4. The minimum absolute atomic E-state index is 0.0360. The fourth-order valence-electron chi connectivity index (χ4n) is 3.45. The fourth-order valence-corrected chi connectivity index (χ4v) is 3.45. The Morgan fingerprint density at radius 3 is 2.10 bits per heavy atom. The molecule has 3 N–H and O–H groups in total. The van der Waals surface area contributed by atoms with Crippen molar-refractivity contribution in [3.63, 3.8) is 0 Å². The van der Waals surface area contributed by atoms with Crippen molar-refractivity contribution in [2.75, 3.05) is 14.2 Å². The minimum atomic E-state index is 0.0360. The predicted octanol–water partition coefficient (Wildman–Crippen LogP) is 3.18. The summed E-state index contributed by atoms with van der Waals surface area (Å²) in [5, 5.41) is 0. The van der Waals surface area contributed by atoms with Gasteiger partial charge < -0.3 is 9.47 Å². The maximum atomic E-state index is 5.91. The van der Waals surface area contributed by atoms with E-state index in [9.17, 15) is 0 Å². The highest BCUT2D eigenvalue weighted by molar-refractivity contribution is 5.47. The molecule has 0 heterocycles. The summed E-state index contributed by atoms with van der Waals surface area (Å²) in [6, 6.07) is 5.91. The van der Waals surface area contributed by atoms with Crippen molar-refractivity contribution in [2.45, 2.75) is 45.1 Å². The molecule has 0 aliphatic heterocycles. The van der Waals surface area contributed by atoms with E-state index in [1.165, 1.54) is 32.1 Å². The predicted molar refractivity (Wildman–Crippen MR) is 80.8 cm³/mol. The van der Waals surface area contributed by atoms with E-state index in [1.807, 2.05) is 18.2 Å². The third-order valence-electron chi connectivity index (χ3n) is 4.61. The molecule has 1 aliphatic carbocycles. The molecule has 1 unspecified atom stereocenters. The average molecular weight is 278 g/mol. The van der Waals surface area contributed by atoms with Crippen molar-refractivity contribution in [1.82, 2.24) is 5.43 Å². The Kier molecular flexibility index (Phi) is 4.89. The molecule has 0 radical (unpaired) electrons. The van der Waals surface area contributed by atoms with Gasteiger partial charge in [-0.15, -0.1) is 0 Å². The quantitative estimate of drug-likeness (QED) is 0.641. The number of hydrogen-bond acceptors (Lipinski definition) is 4. The maximum absolute atomic E-state index is 5.91. The number of benzene rings is 1. The van der Waals surface area contributed by atoms with Gasteiger partial charge in [0.05, 0.1) is 25.8 Å². The number of ether oxygens (including phenoxy) is 2. The Hall–Kier alpha value is -1.26. The van der Waals surface area contributed by atoms with Gasteiger partial charge in [0.25, 0.3) is 0 Å². The van der Waals surface area contributed by atoms with E-state index in [4.69, 9.17) is 15.3 Å². The largest absolute Gasteiger partial charge is 0.496 e. The van der Waals surface area contributed by atoms with Crippen molar-refractivity contribution in [3.05, 3.63) is 23.8 Å². The van der Waals surface area contributed by atoms with Gasteiger partial charge in [-0.1, -0.05) is 32.3 Å². The Balaban J connectivity index is 2.45. The first-order valence-corrected chi connectivity index (χ1v) is 7.33. The third kappa shape index (κ3) is 2.76. The fraction of sp³-hybridized carbons (Fsp3) is 0.625. The van der Waals surface area contributed by atoms with E-state index < -0.39 is 0 Å². The molecular weight excluding hydrogens is 252 g/mol. The monoisotopic (exact) mass is 278 g/mol. The van der Waals surface area contributed by atoms with E-state index in [0.717, 1.165) is 17.1 Å². The van der Waals surface area contributed by atoms with Crippen LogP contribution in [0.25, 0.3) is 0 Å². The Bertz CT molecular complexity index is 420. The molecule has 1 aliphatic rings. The molecular formula is C16H26N2O2. The van der Waals surface area contributed by atoms with Gasteiger partial charge in [-0.2, -0.15) is 0 Å². The van der Waals surface area contributed by atoms with E-state index in [0.29, 0.717) is 0 Å². The second-order valence-corrected chi connectivity index (χ2v) is 5.89. The van der Waals surface area contributed by atoms with Crippen LogP contribution < -0.4 is 20.7 Å². The molecule has 2 rings (SSSR count). The standard InChI is InChI=1S/C16H26N2O2/c1-16(10-5-4-6-11-16)15(18-17)14-12(19-2)8-7-9-13(14)20-3/h7-9,15,18H,4-6,10-11,17H2,1-3H3. The molecule has 0 amide bonds. The highest BCUT2D eigenvalue weighted by atomic mass is 16.5. The second-order valence-electron chi connectivity index (χ2n) is 5.89. The Labute approximate surface area is 121 Å². The summed E-state index contributed by atoms with van der Waals surface area (Å²) in [4.78, 5) is 0. The zero-order chi connectivity index (χ0) is 14.6. The zero-order valence-electron chi connectivity index (χ0n) is 12.7. The van der Waals surface area contributed by atoms with Crippen LogP contribution in [0.2, 0.25) is 0 Å². The summed E-state index contributed by atoms with van der Waals surface area (Å²) in [7, 11) is 3.38. The second kappa shape index (κ2) is 6.46. The number of nitrogens with two attached hydrogens (primary N) is 1. The minimum Gasteiger partial charge on any atom is -0.496 e. The molecule has 1 saturated carbocycles. The molecule has 4 nitrogen and oxygen atoms in total. The smallest absolute Gasteiger partial charge is 0.127 e. The summed E-state index contributed by atoms with van der Waals surface area (Å²) in [5.74, 6) is 7.57. The average Bonchev–Trinajstić information content (AvgIpc) is 2.48. The van der Waals surface area contributed by atoms with Crippen molar-refractivity contribution in [2.24, 2.45) is 11.3 Å². The summed E-state index contributed by atoms with van der Waals surface area (Å²) in [6.07, 6.45) is 6.17. The lowest BCUT2D eigenvalue weighted by molar-refractivity contribution is 0.140. The molecule has 0 spiro atoms. The van der Waals surface area contributed by atoms with E-state index >= 15 is 0 Å². The van der Waals surface area contributed by atoms with Crippen LogP contribution in [0.3, 0.4) is 0 Å². The Morgan fingerprint density at radius 1 is 1.10 bits per heavy atom. The van der Waals surface area contributed by atoms with Gasteiger partial charge in [0.1, 0.15) is 11.5 Å². The van der Waals surface area contributed by atoms with Crippen LogP contribution in [0.15, 0.2) is 18.2 Å². The molecule has 1 aromatic carbocycles. The van der Waals surface area contributed by atoms with Crippen LogP contribution in [-0.2, 0) is 0 Å². The summed E-state index contributed by atoms with van der Waals surface area (Å²) < 4.78 is 11.1. The van der Waals surface area contributed by atoms with Crippen LogP contribution in [0, 0.1) is 5.41 Å². The van der Waals surface area contributed by atoms with Crippen LogP contribution in [0.1, 0.15) is 50.6 Å². The van der Waals surface area contributed by atoms with Gasteiger partial charge in [0, 0.05) is 0 Å². The van der Waals surface area contributed by atoms with E-state index in [-0.39, 0.29) is 11.5 Å². The Morgan fingerprint density at radius 2 is 1.65 bits per heavy atom. The van der Waals surface area contributed by atoms with Crippen molar-refractivity contribution >= 4 is 0 Å². The molecule has 4 heteroatoms. The summed E-state index contributed by atoms with van der Waals surface area (Å²) in [6.45, 7) is 2.31. The molecule has 0 aromatic heterocycles. The first-order chi connectivity index (χ1) is 9.66. The van der Waals surface area contributed by atoms with Crippen LogP contribution in [-0.4, -0.2) is 14.2 Å². The lowest BCUT2D eigenvalue weighted by Crippen LogP contribution is -2.41. The van der Waals surface area contributed by atoms with Crippen molar-refractivity contribution in [3.8, 4) is 11.5 Å². The molecule has 1 atom stereocenters. The van der Waals surface area contributed by atoms with Gasteiger partial charge in [0.2, 0.25) is 0 Å². The van der Waals surface area contributed by atoms with Crippen LogP contribution >= 0.6 is 0 Å². The number of methoxy groups -OCH3 is 2. The molecule has 0 bridgehead atoms. The highest BCUT2D eigenvalue weighted by Crippen LogP contribution is 2.49. The maximum Gasteiger partial charge on any atom is 0.127 e. The highest BCUT2D eigenvalue weighted by Gasteiger charge is 2.38. The van der Waals surface area contributed by atoms with Crippen LogP contribution in [0.4, 0.5) is 0 Å². The van der Waals surface area contributed by atoms with Crippen molar-refractivity contribution < 1.29 is 9.47 Å². The van der Waals surface area contributed by atoms with E-state index in [2.05, 4.69) is 12.3 Å². The van der Waals surface area contributed by atoms with Gasteiger partial charge in [-0.3, -0.25) is 11.3 Å². The SMILES string of the molecule is COc1cccc(OC)c1C(NN)C1(C)CCCCC1. The molecule has 1 fully saturated rings. The van der Waals surface area contributed by atoms with Crippen LogP contribution in [0.5, 0.6) is 11.5 Å². The first kappa shape index (κ1) is 15.1. The van der Waals surface area contributed by atoms with Gasteiger partial charge in [0.15, 0.2) is 0 Å². The van der Waals surface area contributed by atoms with Gasteiger partial charge >= 0.3 is 0 Å². The molecule has 20 heavy (non-hydrogen) atoms. The summed E-state index contributed by atoms with van der Waals surface area (Å²) >= 11 is 0. The van der Waals surface area contributed by atoms with Crippen molar-refractivity contribution in [1.29, 1.82) is 0 Å². The summed E-state index contributed by atoms with van der Waals surface area (Å²) in [5.41, 5.74) is 4.18. The van der Waals surface area contributed by atoms with Gasteiger partial charge in [-0.05, 0) is 30.4 Å². The lowest BCUT2D eigenvalue weighted by Gasteiger charge is -2.41. The molecule has 0 saturated heterocycles. The van der Waals surface area contributed by atoms with Gasteiger partial charge in [-0.25, -0.2) is 0 Å². The first-order valence-electron chi connectivity index (χ1n) is 7.33. The lowest BCUT2D eigenvalue weighted by atomic mass is 9.68. The molecule has 112 valence electrons. The third-order valence-corrected chi connectivity index (χ3v) is 4.61. The molecule has 1 aromatic rings. The topological polar surface area (TPSA) is 56.5 Å². The zero-order valence-corrected chi connectivity index (χ0v) is 12.7. The number of rotatable bonds is 5. The number of hydrogen-bond donors (Lipinski definition) is 2. The number of hydrazine groups is 1.